The summed E-state index contributed by atoms with van der Waals surface area (Å²) < 4.78 is 0.488. The van der Waals surface area contributed by atoms with Crippen molar-refractivity contribution in [3.63, 3.8) is 0 Å². The summed E-state index contributed by atoms with van der Waals surface area (Å²) in [6.45, 7) is 0.0309. The van der Waals surface area contributed by atoms with E-state index in [2.05, 4.69) is 5.32 Å². The molecule has 19 heavy (non-hydrogen) atoms. The molecule has 1 fully saturated rings. The lowest BCUT2D eigenvalue weighted by Crippen LogP contribution is -2.48. The molecule has 3 N–H and O–H groups in total. The number of aliphatic carboxylic acids is 1. The third-order valence-corrected chi connectivity index (χ3v) is 5.12. The van der Waals surface area contributed by atoms with Crippen LogP contribution in [-0.4, -0.2) is 57.2 Å². The van der Waals surface area contributed by atoms with Crippen molar-refractivity contribution in [1.29, 1.82) is 0 Å². The molecule has 104 valence electrons. The van der Waals surface area contributed by atoms with Crippen LogP contribution < -0.4 is 5.32 Å². The van der Waals surface area contributed by atoms with Gasteiger partial charge in [0, 0.05) is 6.54 Å². The SMILES string of the molecule is O=C(CSC1=C(C(=O)O)N2C(=O)C[C@@H]2S1)NCCO. The zero-order valence-corrected chi connectivity index (χ0v) is 11.4. The maximum absolute atomic E-state index is 11.4. The lowest BCUT2D eigenvalue weighted by molar-refractivity contribution is -0.145. The lowest BCUT2D eigenvalue weighted by atomic mass is 10.2. The van der Waals surface area contributed by atoms with Crippen molar-refractivity contribution in [3.05, 3.63) is 9.93 Å². The minimum atomic E-state index is -1.15. The van der Waals surface area contributed by atoms with E-state index in [-0.39, 0.29) is 41.8 Å². The molecule has 1 atom stereocenters. The summed E-state index contributed by atoms with van der Waals surface area (Å²) in [7, 11) is 0. The van der Waals surface area contributed by atoms with Gasteiger partial charge in [-0.2, -0.15) is 0 Å². The van der Waals surface area contributed by atoms with Gasteiger partial charge in [0.1, 0.15) is 0 Å². The molecule has 2 heterocycles. The van der Waals surface area contributed by atoms with E-state index in [9.17, 15) is 14.4 Å². The Morgan fingerprint density at radius 2 is 2.26 bits per heavy atom. The highest BCUT2D eigenvalue weighted by Crippen LogP contribution is 2.50. The van der Waals surface area contributed by atoms with E-state index in [1.165, 1.54) is 16.7 Å². The molecule has 0 radical (unpaired) electrons. The fraction of sp³-hybridized carbons (Fsp3) is 0.500. The van der Waals surface area contributed by atoms with Crippen LogP contribution in [0.25, 0.3) is 0 Å². The number of aliphatic hydroxyl groups is 1. The number of fused-ring (bicyclic) bond motifs is 1. The van der Waals surface area contributed by atoms with Crippen LogP contribution in [0.2, 0.25) is 0 Å². The Morgan fingerprint density at radius 1 is 1.53 bits per heavy atom. The zero-order chi connectivity index (χ0) is 14.0. The normalized spacial score (nSPS) is 21.2. The summed E-state index contributed by atoms with van der Waals surface area (Å²) in [5, 5.41) is 20.0. The number of carbonyl (C=O) groups is 3. The van der Waals surface area contributed by atoms with E-state index in [4.69, 9.17) is 10.2 Å². The number of rotatable bonds is 6. The molecule has 0 aliphatic carbocycles. The maximum atomic E-state index is 11.4. The zero-order valence-electron chi connectivity index (χ0n) is 9.79. The Kier molecular flexibility index (Phi) is 4.38. The van der Waals surface area contributed by atoms with Gasteiger partial charge in [-0.15, -0.1) is 11.8 Å². The molecule has 7 nitrogen and oxygen atoms in total. The fourth-order valence-electron chi connectivity index (χ4n) is 1.70. The summed E-state index contributed by atoms with van der Waals surface area (Å²) in [4.78, 5) is 35.1. The second-order valence-electron chi connectivity index (χ2n) is 3.84. The number of carboxylic acids is 1. The van der Waals surface area contributed by atoms with E-state index >= 15 is 0 Å². The van der Waals surface area contributed by atoms with Crippen molar-refractivity contribution < 1.29 is 24.6 Å². The predicted octanol–water partition coefficient (Wildman–Crippen LogP) is -0.613. The van der Waals surface area contributed by atoms with Crippen LogP contribution in [0.3, 0.4) is 0 Å². The number of carbonyl (C=O) groups excluding carboxylic acids is 2. The van der Waals surface area contributed by atoms with Gasteiger partial charge in [-0.3, -0.25) is 14.5 Å². The van der Waals surface area contributed by atoms with Gasteiger partial charge in [0.2, 0.25) is 11.8 Å². The van der Waals surface area contributed by atoms with Crippen molar-refractivity contribution in [2.45, 2.75) is 11.8 Å². The Bertz CT molecular complexity index is 465. The predicted molar refractivity (Wildman–Crippen MR) is 70.1 cm³/mol. The highest BCUT2D eigenvalue weighted by atomic mass is 32.2. The van der Waals surface area contributed by atoms with Crippen LogP contribution in [0.5, 0.6) is 0 Å². The maximum Gasteiger partial charge on any atom is 0.354 e. The van der Waals surface area contributed by atoms with Crippen molar-refractivity contribution in [3.8, 4) is 0 Å². The smallest absolute Gasteiger partial charge is 0.354 e. The second-order valence-corrected chi connectivity index (χ2v) is 6.28. The summed E-state index contributed by atoms with van der Waals surface area (Å²) in [6.07, 6.45) is 0.336. The number of nitrogens with zero attached hydrogens (tertiary/aromatic N) is 1. The third-order valence-electron chi connectivity index (χ3n) is 2.55. The molecule has 0 aromatic rings. The van der Waals surface area contributed by atoms with Gasteiger partial charge in [0.05, 0.1) is 28.4 Å². The van der Waals surface area contributed by atoms with Crippen molar-refractivity contribution in [1.82, 2.24) is 10.2 Å². The number of hydrogen-bond donors (Lipinski definition) is 3. The number of β-lactam (4-membered cyclic amide) rings is 1. The van der Waals surface area contributed by atoms with E-state index in [1.54, 1.807) is 0 Å². The van der Waals surface area contributed by atoms with E-state index in [0.29, 0.717) is 10.7 Å². The van der Waals surface area contributed by atoms with E-state index in [1.807, 2.05) is 0 Å². The molecule has 2 aliphatic rings. The van der Waals surface area contributed by atoms with Crippen molar-refractivity contribution in [2.24, 2.45) is 0 Å². The average Bonchev–Trinajstić information content (AvgIpc) is 2.66. The number of hydrogen-bond acceptors (Lipinski definition) is 6. The Hall–Kier alpha value is -1.19. The van der Waals surface area contributed by atoms with Crippen LogP contribution in [0.1, 0.15) is 6.42 Å². The molecular weight excluding hydrogens is 292 g/mol. The van der Waals surface area contributed by atoms with E-state index in [0.717, 1.165) is 11.8 Å². The molecule has 0 saturated carbocycles. The number of carboxylic acid groups (broad SMARTS) is 1. The molecule has 0 spiro atoms. The van der Waals surface area contributed by atoms with Crippen LogP contribution in [0.15, 0.2) is 9.93 Å². The largest absolute Gasteiger partial charge is 0.477 e. The highest BCUT2D eigenvalue weighted by molar-refractivity contribution is 8.23. The van der Waals surface area contributed by atoms with Crippen LogP contribution in [-0.2, 0) is 14.4 Å². The van der Waals surface area contributed by atoms with E-state index < -0.39 is 5.97 Å². The van der Waals surface area contributed by atoms with Gasteiger partial charge < -0.3 is 15.5 Å². The van der Waals surface area contributed by atoms with Crippen molar-refractivity contribution in [2.75, 3.05) is 18.9 Å². The topological polar surface area (TPSA) is 107 Å². The summed E-state index contributed by atoms with van der Waals surface area (Å²) >= 11 is 2.41. The fourth-order valence-corrected chi connectivity index (χ4v) is 4.27. The monoisotopic (exact) mass is 304 g/mol. The first kappa shape index (κ1) is 14.2. The van der Waals surface area contributed by atoms with Crippen LogP contribution >= 0.6 is 23.5 Å². The number of aliphatic hydroxyl groups excluding tert-OH is 1. The Balaban J connectivity index is 1.97. The number of nitrogens with one attached hydrogen (secondary N) is 1. The van der Waals surface area contributed by atoms with Crippen molar-refractivity contribution >= 4 is 41.3 Å². The number of amides is 2. The molecular formula is C10H12N2O5S2. The summed E-state index contributed by atoms with van der Waals surface area (Å²) in [5.74, 6) is -1.57. The average molecular weight is 304 g/mol. The summed E-state index contributed by atoms with van der Waals surface area (Å²) in [5.41, 5.74) is -0.0220. The first-order valence-corrected chi connectivity index (χ1v) is 7.37. The second kappa shape index (κ2) is 5.85. The minimum absolute atomic E-state index is 0.0220. The molecule has 2 aliphatic heterocycles. The molecule has 0 bridgehead atoms. The van der Waals surface area contributed by atoms with Crippen LogP contribution in [0.4, 0.5) is 0 Å². The molecule has 0 aromatic carbocycles. The van der Waals surface area contributed by atoms with Gasteiger partial charge in [0.15, 0.2) is 5.70 Å². The molecule has 9 heteroatoms. The first-order valence-electron chi connectivity index (χ1n) is 5.51. The minimum Gasteiger partial charge on any atom is -0.477 e. The first-order chi connectivity index (χ1) is 9.04. The van der Waals surface area contributed by atoms with Gasteiger partial charge in [-0.25, -0.2) is 4.79 Å². The number of thioether (sulfide) groups is 2. The summed E-state index contributed by atoms with van der Waals surface area (Å²) in [6, 6.07) is 0. The van der Waals surface area contributed by atoms with Gasteiger partial charge >= 0.3 is 5.97 Å². The van der Waals surface area contributed by atoms with Crippen LogP contribution in [0, 0.1) is 0 Å². The van der Waals surface area contributed by atoms with Gasteiger partial charge in [-0.1, -0.05) is 11.8 Å². The Morgan fingerprint density at radius 3 is 2.84 bits per heavy atom. The molecule has 0 unspecified atom stereocenters. The van der Waals surface area contributed by atoms with Gasteiger partial charge in [-0.05, 0) is 0 Å². The lowest BCUT2D eigenvalue weighted by Gasteiger charge is -2.33. The Labute approximate surface area is 117 Å². The molecule has 1 saturated heterocycles. The quantitative estimate of drug-likeness (QED) is 0.562. The van der Waals surface area contributed by atoms with Gasteiger partial charge in [0.25, 0.3) is 0 Å². The standard InChI is InChI=1S/C10H12N2O5S2/c13-2-1-11-5(14)4-18-10-8(9(16)17)12-6(15)3-7(12)19-10/h7,13H,1-4H2,(H,11,14)(H,16,17)/t7-/m0/s1. The molecule has 2 amide bonds. The molecule has 0 aromatic heterocycles. The molecule has 2 rings (SSSR count). The highest BCUT2D eigenvalue weighted by Gasteiger charge is 2.48. The third kappa shape index (κ3) is 2.88.